The van der Waals surface area contributed by atoms with E-state index in [4.69, 9.17) is 10.5 Å². The first-order chi connectivity index (χ1) is 15.2. The third kappa shape index (κ3) is 3.86. The van der Waals surface area contributed by atoms with Crippen LogP contribution in [0, 0.1) is 5.92 Å². The molecule has 1 aliphatic rings. The first kappa shape index (κ1) is 19.6. The van der Waals surface area contributed by atoms with Crippen molar-refractivity contribution >= 4 is 16.9 Å². The third-order valence-electron chi connectivity index (χ3n) is 6.13. The maximum atomic E-state index is 6.31. The predicted molar refractivity (Wildman–Crippen MR) is 124 cm³/mol. The van der Waals surface area contributed by atoms with Gasteiger partial charge in [0.25, 0.3) is 0 Å². The highest BCUT2D eigenvalue weighted by molar-refractivity contribution is 6.00. The first-order valence-electron chi connectivity index (χ1n) is 10.8. The molecule has 0 bridgehead atoms. The second-order valence-electron chi connectivity index (χ2n) is 8.26. The number of rotatable bonds is 7. The quantitative estimate of drug-likeness (QED) is 0.469. The van der Waals surface area contributed by atoms with Crippen LogP contribution < -0.4 is 15.8 Å². The maximum absolute atomic E-state index is 6.31. The summed E-state index contributed by atoms with van der Waals surface area (Å²) in [6.45, 7) is 1.59. The Bertz CT molecular complexity index is 1180. The van der Waals surface area contributed by atoms with Gasteiger partial charge in [-0.1, -0.05) is 42.5 Å². The standard InChI is InChI=1S/C25H27N5O/c1-27-13-18-10-20(11-18)30-14-22(23-24(26)28-16-29-25(23)30)19-8-5-9-21(12-19)31-15-17-6-3-2-4-7-17/h2-9,12,14,16,18,20,27H,10-11,13,15H2,1H3,(H2,26,28,29)/t18-,20+. The zero-order valence-electron chi connectivity index (χ0n) is 17.7. The van der Waals surface area contributed by atoms with Gasteiger partial charge < -0.3 is 20.4 Å². The smallest absolute Gasteiger partial charge is 0.146 e. The Labute approximate surface area is 182 Å². The van der Waals surface area contributed by atoms with Crippen LogP contribution in [0.2, 0.25) is 0 Å². The van der Waals surface area contributed by atoms with Crippen LogP contribution in [0.15, 0.2) is 67.1 Å². The summed E-state index contributed by atoms with van der Waals surface area (Å²) in [7, 11) is 2.01. The number of fused-ring (bicyclic) bond motifs is 1. The van der Waals surface area contributed by atoms with Crippen LogP contribution in [0.25, 0.3) is 22.2 Å². The first-order valence-corrected chi connectivity index (χ1v) is 10.8. The van der Waals surface area contributed by atoms with Gasteiger partial charge >= 0.3 is 0 Å². The van der Waals surface area contributed by atoms with Gasteiger partial charge in [-0.15, -0.1) is 0 Å². The molecule has 1 aliphatic carbocycles. The molecule has 4 aromatic rings. The van der Waals surface area contributed by atoms with Crippen molar-refractivity contribution in [1.29, 1.82) is 0 Å². The molecular formula is C25H27N5O. The summed E-state index contributed by atoms with van der Waals surface area (Å²) in [4.78, 5) is 8.85. The van der Waals surface area contributed by atoms with Gasteiger partial charge in [-0.2, -0.15) is 0 Å². The molecule has 0 atom stereocenters. The largest absolute Gasteiger partial charge is 0.489 e. The minimum Gasteiger partial charge on any atom is -0.489 e. The van der Waals surface area contributed by atoms with Crippen molar-refractivity contribution in [2.75, 3.05) is 19.3 Å². The van der Waals surface area contributed by atoms with Crippen molar-refractivity contribution in [3.8, 4) is 16.9 Å². The summed E-state index contributed by atoms with van der Waals surface area (Å²) in [5, 5.41) is 4.20. The number of aromatic nitrogens is 3. The molecule has 6 nitrogen and oxygen atoms in total. The van der Waals surface area contributed by atoms with Crippen molar-refractivity contribution in [3.63, 3.8) is 0 Å². The summed E-state index contributed by atoms with van der Waals surface area (Å²) in [6.07, 6.45) is 6.04. The topological polar surface area (TPSA) is 78.0 Å². The maximum Gasteiger partial charge on any atom is 0.146 e. The van der Waals surface area contributed by atoms with E-state index < -0.39 is 0 Å². The van der Waals surface area contributed by atoms with Gasteiger partial charge in [0.2, 0.25) is 0 Å². The lowest BCUT2D eigenvalue weighted by atomic mass is 9.80. The molecule has 2 heterocycles. The highest BCUT2D eigenvalue weighted by atomic mass is 16.5. The number of ether oxygens (including phenoxy) is 1. The fourth-order valence-corrected chi connectivity index (χ4v) is 4.48. The molecule has 0 unspecified atom stereocenters. The number of anilines is 1. The van der Waals surface area contributed by atoms with Crippen LogP contribution in [-0.4, -0.2) is 28.1 Å². The van der Waals surface area contributed by atoms with Gasteiger partial charge in [0.1, 0.15) is 30.1 Å². The van der Waals surface area contributed by atoms with Crippen molar-refractivity contribution in [3.05, 3.63) is 72.7 Å². The van der Waals surface area contributed by atoms with Gasteiger partial charge in [-0.05, 0) is 55.6 Å². The molecule has 31 heavy (non-hydrogen) atoms. The minimum absolute atomic E-state index is 0.446. The average Bonchev–Trinajstić information content (AvgIpc) is 3.16. The molecule has 0 radical (unpaired) electrons. The predicted octanol–water partition coefficient (Wildman–Crippen LogP) is 4.43. The SMILES string of the molecule is CNC[C@H]1C[C@@H](n2cc(-c3cccc(OCc4ccccc4)c3)c3c(N)ncnc32)C1. The monoisotopic (exact) mass is 413 g/mol. The van der Waals surface area contributed by atoms with Crippen molar-refractivity contribution in [1.82, 2.24) is 19.9 Å². The molecule has 0 aliphatic heterocycles. The number of nitrogens with zero attached hydrogens (tertiary/aromatic N) is 3. The molecular weight excluding hydrogens is 386 g/mol. The molecule has 2 aromatic carbocycles. The Balaban J connectivity index is 1.46. The minimum atomic E-state index is 0.446. The zero-order chi connectivity index (χ0) is 21.2. The molecule has 2 aromatic heterocycles. The van der Waals surface area contributed by atoms with E-state index in [9.17, 15) is 0 Å². The molecule has 5 rings (SSSR count). The van der Waals surface area contributed by atoms with Gasteiger partial charge in [0, 0.05) is 17.8 Å². The number of hydrogen-bond acceptors (Lipinski definition) is 5. The van der Waals surface area contributed by atoms with E-state index in [2.05, 4.69) is 50.3 Å². The molecule has 0 amide bonds. The number of benzene rings is 2. The van der Waals surface area contributed by atoms with E-state index in [-0.39, 0.29) is 0 Å². The van der Waals surface area contributed by atoms with Gasteiger partial charge in [0.05, 0.1) is 5.39 Å². The molecule has 158 valence electrons. The second-order valence-corrected chi connectivity index (χ2v) is 8.26. The highest BCUT2D eigenvalue weighted by Crippen LogP contribution is 2.42. The lowest BCUT2D eigenvalue weighted by molar-refractivity contribution is 0.200. The van der Waals surface area contributed by atoms with Crippen molar-refractivity contribution in [2.24, 2.45) is 5.92 Å². The Hall–Kier alpha value is -3.38. The number of hydrogen-bond donors (Lipinski definition) is 2. The van der Waals surface area contributed by atoms with Crippen molar-refractivity contribution < 1.29 is 4.74 Å². The van der Waals surface area contributed by atoms with Crippen LogP contribution in [0.3, 0.4) is 0 Å². The number of nitrogen functional groups attached to an aromatic ring is 1. The number of nitrogens with two attached hydrogens (primary N) is 1. The lowest BCUT2D eigenvalue weighted by Gasteiger charge is -2.36. The third-order valence-corrected chi connectivity index (χ3v) is 6.13. The molecule has 6 heteroatoms. The Morgan fingerprint density at radius 3 is 2.74 bits per heavy atom. The molecule has 0 saturated heterocycles. The van der Waals surface area contributed by atoms with Gasteiger partial charge in [-0.25, -0.2) is 9.97 Å². The summed E-state index contributed by atoms with van der Waals surface area (Å²) in [5.74, 6) is 2.06. The van der Waals surface area contributed by atoms with Crippen LogP contribution in [0.4, 0.5) is 5.82 Å². The van der Waals surface area contributed by atoms with Crippen LogP contribution >= 0.6 is 0 Å². The number of nitrogens with one attached hydrogen (secondary N) is 1. The van der Waals surface area contributed by atoms with Gasteiger partial charge in [0.15, 0.2) is 0 Å². The van der Waals surface area contributed by atoms with E-state index in [1.165, 1.54) is 0 Å². The fraction of sp³-hybridized carbons (Fsp3) is 0.280. The molecule has 1 saturated carbocycles. The second kappa shape index (κ2) is 8.40. The molecule has 1 fully saturated rings. The normalized spacial score (nSPS) is 18.1. The highest BCUT2D eigenvalue weighted by Gasteiger charge is 2.32. The van der Waals surface area contributed by atoms with E-state index in [0.29, 0.717) is 24.4 Å². The van der Waals surface area contributed by atoms with E-state index in [1.807, 2.05) is 37.4 Å². The summed E-state index contributed by atoms with van der Waals surface area (Å²) in [5.41, 5.74) is 10.5. The van der Waals surface area contributed by atoms with Crippen molar-refractivity contribution in [2.45, 2.75) is 25.5 Å². The van der Waals surface area contributed by atoms with E-state index in [1.54, 1.807) is 6.33 Å². The lowest BCUT2D eigenvalue weighted by Crippen LogP contribution is -2.33. The van der Waals surface area contributed by atoms with Crippen LogP contribution in [0.5, 0.6) is 5.75 Å². The average molecular weight is 414 g/mol. The fourth-order valence-electron chi connectivity index (χ4n) is 4.48. The van der Waals surface area contributed by atoms with Gasteiger partial charge in [-0.3, -0.25) is 0 Å². The molecule has 3 N–H and O–H groups in total. The van der Waals surface area contributed by atoms with Crippen LogP contribution in [-0.2, 0) is 6.61 Å². The Morgan fingerprint density at radius 2 is 1.94 bits per heavy atom. The van der Waals surface area contributed by atoms with E-state index >= 15 is 0 Å². The summed E-state index contributed by atoms with van der Waals surface area (Å²) in [6, 6.07) is 18.8. The van der Waals surface area contributed by atoms with Crippen LogP contribution in [0.1, 0.15) is 24.4 Å². The zero-order valence-corrected chi connectivity index (χ0v) is 17.7. The van der Waals surface area contributed by atoms with E-state index in [0.717, 1.165) is 52.9 Å². The summed E-state index contributed by atoms with van der Waals surface area (Å²) < 4.78 is 8.33. The Morgan fingerprint density at radius 1 is 1.10 bits per heavy atom. The molecule has 0 spiro atoms. The summed E-state index contributed by atoms with van der Waals surface area (Å²) >= 11 is 0. The Kier molecular flexibility index (Phi) is 5.30.